The van der Waals surface area contributed by atoms with Gasteiger partial charge in [0.2, 0.25) is 0 Å². The maximum Gasteiger partial charge on any atom is 0.255 e. The molecule has 0 radical (unpaired) electrons. The van der Waals surface area contributed by atoms with Gasteiger partial charge in [-0.25, -0.2) is 0 Å². The molecule has 0 bridgehead atoms. The molecule has 1 amide bonds. The lowest BCUT2D eigenvalue weighted by Crippen LogP contribution is -2.14. The van der Waals surface area contributed by atoms with Crippen LogP contribution < -0.4 is 15.8 Å². The lowest BCUT2D eigenvalue weighted by atomic mass is 10.1. The lowest BCUT2D eigenvalue weighted by Gasteiger charge is -2.12. The van der Waals surface area contributed by atoms with Gasteiger partial charge in [-0.1, -0.05) is 12.1 Å². The van der Waals surface area contributed by atoms with E-state index in [2.05, 4.69) is 5.32 Å². The minimum atomic E-state index is -0.209. The first-order chi connectivity index (χ1) is 9.95. The normalized spacial score (nSPS) is 10.5. The second-order valence-corrected chi connectivity index (χ2v) is 5.24. The number of hydrogen-bond donors (Lipinski definition) is 2. The van der Waals surface area contributed by atoms with Crippen molar-refractivity contribution in [2.75, 3.05) is 11.1 Å². The first-order valence-corrected chi connectivity index (χ1v) is 6.90. The van der Waals surface area contributed by atoms with Crippen molar-refractivity contribution in [2.45, 2.75) is 26.9 Å². The number of rotatable bonds is 4. The smallest absolute Gasteiger partial charge is 0.255 e. The zero-order valence-corrected chi connectivity index (χ0v) is 12.5. The van der Waals surface area contributed by atoms with Crippen LogP contribution in [-0.4, -0.2) is 12.0 Å². The second-order valence-electron chi connectivity index (χ2n) is 5.24. The molecule has 4 nitrogen and oxygen atoms in total. The monoisotopic (exact) mass is 284 g/mol. The van der Waals surface area contributed by atoms with Crippen LogP contribution in [0.3, 0.4) is 0 Å². The Balaban J connectivity index is 2.16. The molecule has 0 atom stereocenters. The third-order valence-electron chi connectivity index (χ3n) is 2.92. The lowest BCUT2D eigenvalue weighted by molar-refractivity contribution is 0.102. The molecular formula is C17H20N2O2. The number of carbonyl (C=O) groups excluding carboxylic acids is 1. The average Bonchev–Trinajstić information content (AvgIpc) is 2.41. The number of nitrogens with two attached hydrogens (primary N) is 1. The highest BCUT2D eigenvalue weighted by molar-refractivity contribution is 6.05. The molecule has 2 aromatic carbocycles. The van der Waals surface area contributed by atoms with Crippen LogP contribution in [0.25, 0.3) is 0 Å². The number of benzene rings is 2. The van der Waals surface area contributed by atoms with E-state index in [-0.39, 0.29) is 12.0 Å². The Morgan fingerprint density at radius 3 is 2.62 bits per heavy atom. The van der Waals surface area contributed by atoms with E-state index in [1.807, 2.05) is 39.0 Å². The molecule has 110 valence electrons. The fourth-order valence-electron chi connectivity index (χ4n) is 1.97. The molecular weight excluding hydrogens is 264 g/mol. The van der Waals surface area contributed by atoms with Gasteiger partial charge in [-0.15, -0.1) is 0 Å². The minimum absolute atomic E-state index is 0.0658. The number of carbonyl (C=O) groups is 1. The van der Waals surface area contributed by atoms with Crippen LogP contribution in [0.2, 0.25) is 0 Å². The van der Waals surface area contributed by atoms with E-state index in [4.69, 9.17) is 10.5 Å². The van der Waals surface area contributed by atoms with Crippen LogP contribution >= 0.6 is 0 Å². The van der Waals surface area contributed by atoms with E-state index < -0.39 is 0 Å². The van der Waals surface area contributed by atoms with Crippen LogP contribution in [0.4, 0.5) is 11.4 Å². The van der Waals surface area contributed by atoms with Crippen molar-refractivity contribution in [3.05, 3.63) is 53.6 Å². The maximum atomic E-state index is 12.3. The largest absolute Gasteiger partial charge is 0.491 e. The molecule has 2 aromatic rings. The van der Waals surface area contributed by atoms with Crippen molar-refractivity contribution in [3.63, 3.8) is 0 Å². The number of anilines is 2. The van der Waals surface area contributed by atoms with E-state index >= 15 is 0 Å². The summed E-state index contributed by atoms with van der Waals surface area (Å²) < 4.78 is 5.59. The van der Waals surface area contributed by atoms with Crippen molar-refractivity contribution in [1.29, 1.82) is 0 Å². The van der Waals surface area contributed by atoms with Gasteiger partial charge in [0.15, 0.2) is 0 Å². The predicted octanol–water partition coefficient (Wildman–Crippen LogP) is 3.62. The highest BCUT2D eigenvalue weighted by Crippen LogP contribution is 2.21. The van der Waals surface area contributed by atoms with Gasteiger partial charge in [-0.05, 0) is 56.7 Å². The molecule has 0 aliphatic rings. The van der Waals surface area contributed by atoms with Gasteiger partial charge in [0.05, 0.1) is 17.5 Å². The van der Waals surface area contributed by atoms with Crippen LogP contribution in [-0.2, 0) is 0 Å². The molecule has 0 heterocycles. The molecule has 21 heavy (non-hydrogen) atoms. The Kier molecular flexibility index (Phi) is 4.48. The SMILES string of the molecule is Cc1ccc(NC(=O)c2cccc(OC(C)C)c2)c(N)c1. The molecule has 0 spiro atoms. The topological polar surface area (TPSA) is 64.3 Å². The summed E-state index contributed by atoms with van der Waals surface area (Å²) in [6, 6.07) is 12.6. The Hall–Kier alpha value is -2.49. The summed E-state index contributed by atoms with van der Waals surface area (Å²) in [6.45, 7) is 5.84. The average molecular weight is 284 g/mol. The molecule has 0 unspecified atom stereocenters. The quantitative estimate of drug-likeness (QED) is 0.843. The van der Waals surface area contributed by atoms with Crippen LogP contribution in [0.15, 0.2) is 42.5 Å². The number of ether oxygens (including phenoxy) is 1. The third kappa shape index (κ3) is 3.99. The van der Waals surface area contributed by atoms with Gasteiger partial charge in [-0.3, -0.25) is 4.79 Å². The molecule has 4 heteroatoms. The Morgan fingerprint density at radius 1 is 1.19 bits per heavy atom. The molecule has 0 fully saturated rings. The number of amides is 1. The molecule has 0 saturated carbocycles. The summed E-state index contributed by atoms with van der Waals surface area (Å²) in [5.41, 5.74) is 8.66. The fraction of sp³-hybridized carbons (Fsp3) is 0.235. The fourth-order valence-corrected chi connectivity index (χ4v) is 1.97. The van der Waals surface area contributed by atoms with Gasteiger partial charge < -0.3 is 15.8 Å². The number of aryl methyl sites for hydroxylation is 1. The number of nitrogen functional groups attached to an aromatic ring is 1. The van der Waals surface area contributed by atoms with Crippen molar-refractivity contribution in [1.82, 2.24) is 0 Å². The van der Waals surface area contributed by atoms with Gasteiger partial charge in [0.1, 0.15) is 5.75 Å². The molecule has 2 rings (SSSR count). The zero-order chi connectivity index (χ0) is 15.4. The van der Waals surface area contributed by atoms with Crippen molar-refractivity contribution in [3.8, 4) is 5.75 Å². The summed E-state index contributed by atoms with van der Waals surface area (Å²) in [5, 5.41) is 2.81. The highest BCUT2D eigenvalue weighted by Gasteiger charge is 2.09. The van der Waals surface area contributed by atoms with Crippen molar-refractivity contribution in [2.24, 2.45) is 0 Å². The van der Waals surface area contributed by atoms with E-state index in [0.29, 0.717) is 22.7 Å². The van der Waals surface area contributed by atoms with E-state index in [9.17, 15) is 4.79 Å². The Bertz CT molecular complexity index is 651. The molecule has 0 aliphatic heterocycles. The van der Waals surface area contributed by atoms with Crippen molar-refractivity contribution >= 4 is 17.3 Å². The summed E-state index contributed by atoms with van der Waals surface area (Å²) in [7, 11) is 0. The predicted molar refractivity (Wildman–Crippen MR) is 85.8 cm³/mol. The molecule has 3 N–H and O–H groups in total. The summed E-state index contributed by atoms with van der Waals surface area (Å²) in [4.78, 5) is 12.3. The Labute approximate surface area is 124 Å². The van der Waals surface area contributed by atoms with Crippen LogP contribution in [0.5, 0.6) is 5.75 Å². The van der Waals surface area contributed by atoms with E-state index in [0.717, 1.165) is 5.56 Å². The first-order valence-electron chi connectivity index (χ1n) is 6.90. The van der Waals surface area contributed by atoms with Crippen molar-refractivity contribution < 1.29 is 9.53 Å². The number of hydrogen-bond acceptors (Lipinski definition) is 3. The summed E-state index contributed by atoms with van der Waals surface area (Å²) in [5.74, 6) is 0.467. The van der Waals surface area contributed by atoms with Crippen LogP contribution in [0.1, 0.15) is 29.8 Å². The second kappa shape index (κ2) is 6.31. The maximum absolute atomic E-state index is 12.3. The third-order valence-corrected chi connectivity index (χ3v) is 2.92. The standard InChI is InChI=1S/C17H20N2O2/c1-11(2)21-14-6-4-5-13(10-14)17(20)19-16-8-7-12(3)9-15(16)18/h4-11H,18H2,1-3H3,(H,19,20). The summed E-state index contributed by atoms with van der Waals surface area (Å²) >= 11 is 0. The van der Waals surface area contributed by atoms with Gasteiger partial charge >= 0.3 is 0 Å². The molecule has 0 saturated heterocycles. The zero-order valence-electron chi connectivity index (χ0n) is 12.5. The molecule has 0 aromatic heterocycles. The van der Waals surface area contributed by atoms with E-state index in [1.54, 1.807) is 24.3 Å². The van der Waals surface area contributed by atoms with Gasteiger partial charge in [-0.2, -0.15) is 0 Å². The highest BCUT2D eigenvalue weighted by atomic mass is 16.5. The van der Waals surface area contributed by atoms with Crippen LogP contribution in [0, 0.1) is 6.92 Å². The number of nitrogens with one attached hydrogen (secondary N) is 1. The summed E-state index contributed by atoms with van der Waals surface area (Å²) in [6.07, 6.45) is 0.0658. The molecule has 0 aliphatic carbocycles. The van der Waals surface area contributed by atoms with Gasteiger partial charge in [0.25, 0.3) is 5.91 Å². The van der Waals surface area contributed by atoms with Gasteiger partial charge in [0, 0.05) is 5.56 Å². The van der Waals surface area contributed by atoms with E-state index in [1.165, 1.54) is 0 Å². The Morgan fingerprint density at radius 2 is 1.95 bits per heavy atom. The first kappa shape index (κ1) is 14.9. The minimum Gasteiger partial charge on any atom is -0.491 e.